The maximum Gasteiger partial charge on any atom is 0.243 e. The van der Waals surface area contributed by atoms with Crippen molar-refractivity contribution in [3.8, 4) is 0 Å². The second kappa shape index (κ2) is 14.8. The molecule has 1 saturated carbocycles. The summed E-state index contributed by atoms with van der Waals surface area (Å²) < 4.78 is 53.4. The first-order chi connectivity index (χ1) is 20.5. The van der Waals surface area contributed by atoms with Crippen molar-refractivity contribution in [2.45, 2.75) is 63.6 Å². The number of amides is 2. The lowest BCUT2D eigenvalue weighted by Gasteiger charge is -2.33. The summed E-state index contributed by atoms with van der Waals surface area (Å²) >= 11 is 6.47. The molecule has 0 aliphatic heterocycles. The van der Waals surface area contributed by atoms with Gasteiger partial charge in [-0.2, -0.15) is 0 Å². The third kappa shape index (κ3) is 9.00. The molecule has 4 rings (SSSR count). The van der Waals surface area contributed by atoms with Gasteiger partial charge in [0.15, 0.2) is 11.6 Å². The van der Waals surface area contributed by atoms with Gasteiger partial charge in [0.2, 0.25) is 21.8 Å². The second-order valence-corrected chi connectivity index (χ2v) is 13.2. The van der Waals surface area contributed by atoms with Crippen LogP contribution in [0.3, 0.4) is 0 Å². The zero-order chi connectivity index (χ0) is 31.0. The molecule has 0 spiro atoms. The van der Waals surface area contributed by atoms with Crippen LogP contribution in [0.1, 0.15) is 49.7 Å². The Morgan fingerprint density at radius 2 is 1.65 bits per heavy atom. The van der Waals surface area contributed by atoms with Gasteiger partial charge < -0.3 is 10.2 Å². The number of sulfonamides is 1. The third-order valence-electron chi connectivity index (χ3n) is 7.61. The third-order valence-corrected chi connectivity index (χ3v) is 9.18. The van der Waals surface area contributed by atoms with Crippen LogP contribution >= 0.6 is 11.6 Å². The Balaban J connectivity index is 1.59. The normalized spacial score (nSPS) is 14.3. The van der Waals surface area contributed by atoms with Gasteiger partial charge in [-0.15, -0.1) is 0 Å². The molecule has 1 fully saturated rings. The van der Waals surface area contributed by atoms with E-state index in [9.17, 15) is 26.8 Å². The predicted molar refractivity (Wildman–Crippen MR) is 164 cm³/mol. The van der Waals surface area contributed by atoms with Crippen molar-refractivity contribution in [1.82, 2.24) is 10.2 Å². The number of anilines is 1. The van der Waals surface area contributed by atoms with E-state index in [0.29, 0.717) is 10.6 Å². The number of benzene rings is 3. The van der Waals surface area contributed by atoms with E-state index in [4.69, 9.17) is 11.6 Å². The van der Waals surface area contributed by atoms with Gasteiger partial charge in [0, 0.05) is 43.1 Å². The molecule has 43 heavy (non-hydrogen) atoms. The maximum absolute atomic E-state index is 13.9. The molecular weight excluding hydrogens is 596 g/mol. The van der Waals surface area contributed by atoms with Gasteiger partial charge in [0.1, 0.15) is 6.04 Å². The number of rotatable bonds is 13. The zero-order valence-corrected chi connectivity index (χ0v) is 25.6. The topological polar surface area (TPSA) is 86.8 Å². The van der Waals surface area contributed by atoms with Crippen LogP contribution in [0.2, 0.25) is 5.02 Å². The minimum absolute atomic E-state index is 0.0420. The van der Waals surface area contributed by atoms with Gasteiger partial charge in [0.25, 0.3) is 0 Å². The Kier molecular flexibility index (Phi) is 11.2. The summed E-state index contributed by atoms with van der Waals surface area (Å²) in [5.74, 6) is -2.88. The average Bonchev–Trinajstić information content (AvgIpc) is 3.48. The number of carbonyl (C=O) groups excluding carboxylic acids is 2. The second-order valence-electron chi connectivity index (χ2n) is 10.8. The minimum atomic E-state index is -3.87. The predicted octanol–water partition coefficient (Wildman–Crippen LogP) is 5.86. The van der Waals surface area contributed by atoms with Gasteiger partial charge in [-0.3, -0.25) is 13.9 Å². The fourth-order valence-electron chi connectivity index (χ4n) is 5.38. The van der Waals surface area contributed by atoms with Crippen LogP contribution < -0.4 is 9.62 Å². The molecule has 7 nitrogen and oxygen atoms in total. The van der Waals surface area contributed by atoms with Crippen molar-refractivity contribution in [2.75, 3.05) is 17.1 Å². The fraction of sp³-hybridized carbons (Fsp3) is 0.375. The number of carbonyl (C=O) groups is 2. The van der Waals surface area contributed by atoms with Gasteiger partial charge >= 0.3 is 0 Å². The molecular formula is C32H36ClF2N3O4S. The van der Waals surface area contributed by atoms with Crippen LogP contribution in [0.15, 0.2) is 72.8 Å². The van der Waals surface area contributed by atoms with Crippen molar-refractivity contribution in [3.05, 3.63) is 101 Å². The van der Waals surface area contributed by atoms with Crippen LogP contribution in [0, 0.1) is 11.6 Å². The summed E-state index contributed by atoms with van der Waals surface area (Å²) in [5, 5.41) is 3.60. The van der Waals surface area contributed by atoms with Gasteiger partial charge in [-0.05, 0) is 48.6 Å². The Bertz CT molecular complexity index is 1520. The van der Waals surface area contributed by atoms with Crippen LogP contribution in [0.5, 0.6) is 0 Å². The lowest BCUT2D eigenvalue weighted by molar-refractivity contribution is -0.141. The van der Waals surface area contributed by atoms with Crippen LogP contribution in [0.25, 0.3) is 0 Å². The molecule has 1 aliphatic carbocycles. The van der Waals surface area contributed by atoms with E-state index >= 15 is 0 Å². The highest BCUT2D eigenvalue weighted by Gasteiger charge is 2.32. The smallest absolute Gasteiger partial charge is 0.243 e. The molecule has 1 N–H and O–H groups in total. The molecule has 1 atom stereocenters. The largest absolute Gasteiger partial charge is 0.352 e. The Morgan fingerprint density at radius 3 is 2.30 bits per heavy atom. The van der Waals surface area contributed by atoms with E-state index in [0.717, 1.165) is 53.9 Å². The highest BCUT2D eigenvalue weighted by molar-refractivity contribution is 7.92. The quantitative estimate of drug-likeness (QED) is 0.256. The lowest BCUT2D eigenvalue weighted by Crippen LogP contribution is -2.52. The molecule has 2 amide bonds. The number of halogens is 3. The van der Waals surface area contributed by atoms with Gasteiger partial charge in [-0.1, -0.05) is 73.0 Å². The molecule has 0 radical (unpaired) electrons. The van der Waals surface area contributed by atoms with E-state index in [1.165, 1.54) is 11.0 Å². The Morgan fingerprint density at radius 1 is 0.977 bits per heavy atom. The number of hydrogen-bond acceptors (Lipinski definition) is 4. The average molecular weight is 632 g/mol. The van der Waals surface area contributed by atoms with Crippen molar-refractivity contribution in [2.24, 2.45) is 0 Å². The summed E-state index contributed by atoms with van der Waals surface area (Å²) in [6, 6.07) is 18.6. The molecule has 0 unspecified atom stereocenters. The van der Waals surface area contributed by atoms with Gasteiger partial charge in [0.05, 0.1) is 11.9 Å². The first kappa shape index (κ1) is 32.4. The van der Waals surface area contributed by atoms with Crippen LogP contribution in [-0.4, -0.2) is 50.0 Å². The van der Waals surface area contributed by atoms with E-state index in [-0.39, 0.29) is 55.9 Å². The molecule has 230 valence electrons. The standard InChI is InChI=1S/C32H36ClF2N3O4S/c1-43(41,42)38(26-17-18-28(34)29(35)21-26)19-9-16-31(39)37(22-24-12-5-8-15-27(24)33)30(20-23-10-3-2-4-11-23)32(40)36-25-13-6-7-14-25/h2-5,8,10-12,15,17-18,21,25,30H,6-7,9,13-14,16,19-20,22H2,1H3,(H,36,40)/t30-/m1/s1. The highest BCUT2D eigenvalue weighted by atomic mass is 35.5. The first-order valence-electron chi connectivity index (χ1n) is 14.3. The van der Waals surface area contributed by atoms with E-state index in [1.54, 1.807) is 24.3 Å². The SMILES string of the molecule is CS(=O)(=O)N(CCCC(=O)N(Cc1ccccc1Cl)[C@H](Cc1ccccc1)C(=O)NC1CCCC1)c1ccc(F)c(F)c1. The maximum atomic E-state index is 13.9. The molecule has 0 aromatic heterocycles. The van der Waals surface area contributed by atoms with Gasteiger partial charge in [-0.25, -0.2) is 17.2 Å². The zero-order valence-electron chi connectivity index (χ0n) is 24.0. The molecule has 11 heteroatoms. The first-order valence-corrected chi connectivity index (χ1v) is 16.6. The lowest BCUT2D eigenvalue weighted by atomic mass is 10.0. The molecule has 0 bridgehead atoms. The Labute approximate surface area is 256 Å². The summed E-state index contributed by atoms with van der Waals surface area (Å²) in [5.41, 5.74) is 1.51. The monoisotopic (exact) mass is 631 g/mol. The number of hydrogen-bond donors (Lipinski definition) is 1. The molecule has 3 aromatic carbocycles. The number of nitrogens with one attached hydrogen (secondary N) is 1. The Hall–Kier alpha value is -3.50. The fourth-order valence-corrected chi connectivity index (χ4v) is 6.53. The summed E-state index contributed by atoms with van der Waals surface area (Å²) in [6.45, 7) is -0.0692. The van der Waals surface area contributed by atoms with Crippen molar-refractivity contribution in [3.63, 3.8) is 0 Å². The van der Waals surface area contributed by atoms with Crippen molar-refractivity contribution in [1.29, 1.82) is 0 Å². The summed E-state index contributed by atoms with van der Waals surface area (Å²) in [4.78, 5) is 29.2. The van der Waals surface area contributed by atoms with E-state index < -0.39 is 27.7 Å². The van der Waals surface area contributed by atoms with Crippen LogP contribution in [-0.2, 0) is 32.6 Å². The van der Waals surface area contributed by atoms with E-state index in [1.807, 2.05) is 30.3 Å². The highest BCUT2D eigenvalue weighted by Crippen LogP contribution is 2.24. The molecule has 1 aliphatic rings. The van der Waals surface area contributed by atoms with Crippen LogP contribution in [0.4, 0.5) is 14.5 Å². The molecule has 3 aromatic rings. The molecule has 0 heterocycles. The minimum Gasteiger partial charge on any atom is -0.352 e. The van der Waals surface area contributed by atoms with E-state index in [2.05, 4.69) is 5.32 Å². The number of nitrogens with zero attached hydrogens (tertiary/aromatic N) is 2. The summed E-state index contributed by atoms with van der Waals surface area (Å²) in [7, 11) is -3.87. The van der Waals surface area contributed by atoms with Crippen molar-refractivity contribution < 1.29 is 26.8 Å². The van der Waals surface area contributed by atoms with Crippen molar-refractivity contribution >= 4 is 39.1 Å². The summed E-state index contributed by atoms with van der Waals surface area (Å²) in [6.07, 6.45) is 5.05. The molecule has 0 saturated heterocycles.